The van der Waals surface area contributed by atoms with Crippen molar-refractivity contribution in [3.05, 3.63) is 72.3 Å². The highest BCUT2D eigenvalue weighted by Crippen LogP contribution is 2.44. The van der Waals surface area contributed by atoms with Gasteiger partial charge in [0.15, 0.2) is 11.5 Å². The monoisotopic (exact) mass is 535 g/mol. The van der Waals surface area contributed by atoms with Gasteiger partial charge in [0.1, 0.15) is 19.5 Å². The standard InChI is InChI=1S/C28H33N5O6/c1-3-15-38-27(37)33-26(29)31-14-8-9-18(16-34)32-24(35)28(2,30)25(36)39-17-23-21-12-6-4-10-19(21)20-11-5-7-13-22(20)23/h3-7,10-13,16,18,23H,1,8-9,14-15,17,30H2,2H3,(H,32,35)(H3,29,31,33,37)/t18-,28-/m0/s1. The number of benzene rings is 2. The van der Waals surface area contributed by atoms with Crippen molar-refractivity contribution in [3.63, 3.8) is 0 Å². The Balaban J connectivity index is 1.48. The lowest BCUT2D eigenvalue weighted by Crippen LogP contribution is -2.60. The lowest BCUT2D eigenvalue weighted by atomic mass is 9.97. The van der Waals surface area contributed by atoms with Crippen molar-refractivity contribution in [2.24, 2.45) is 5.73 Å². The van der Waals surface area contributed by atoms with Gasteiger partial charge >= 0.3 is 12.1 Å². The van der Waals surface area contributed by atoms with E-state index in [4.69, 9.17) is 20.6 Å². The summed E-state index contributed by atoms with van der Waals surface area (Å²) in [5.41, 5.74) is 8.24. The summed E-state index contributed by atoms with van der Waals surface area (Å²) in [6, 6.07) is 14.8. The van der Waals surface area contributed by atoms with E-state index in [0.717, 1.165) is 22.3 Å². The molecule has 2 aromatic rings. The van der Waals surface area contributed by atoms with Gasteiger partial charge in [-0.2, -0.15) is 0 Å². The average molecular weight is 536 g/mol. The summed E-state index contributed by atoms with van der Waals surface area (Å²) < 4.78 is 10.2. The molecule has 1 aliphatic rings. The Morgan fingerprint density at radius 3 is 2.31 bits per heavy atom. The Hall–Kier alpha value is -4.51. The second-order valence-electron chi connectivity index (χ2n) is 9.20. The van der Waals surface area contributed by atoms with E-state index >= 15 is 0 Å². The number of rotatable bonds is 12. The minimum absolute atomic E-state index is 0.00985. The Kier molecular flexibility index (Phi) is 9.93. The van der Waals surface area contributed by atoms with Crippen LogP contribution >= 0.6 is 0 Å². The molecule has 11 heteroatoms. The van der Waals surface area contributed by atoms with E-state index in [1.54, 1.807) is 0 Å². The Labute approximate surface area is 226 Å². The number of nitrogens with one attached hydrogen (secondary N) is 4. The summed E-state index contributed by atoms with van der Waals surface area (Å²) in [4.78, 5) is 48.6. The van der Waals surface area contributed by atoms with Gasteiger partial charge in [-0.1, -0.05) is 61.2 Å². The maximum absolute atomic E-state index is 12.9. The molecule has 3 rings (SSSR count). The van der Waals surface area contributed by atoms with Crippen LogP contribution in [-0.4, -0.2) is 61.6 Å². The van der Waals surface area contributed by atoms with Crippen LogP contribution in [0.25, 0.3) is 11.1 Å². The highest BCUT2D eigenvalue weighted by molar-refractivity contribution is 6.07. The molecular weight excluding hydrogens is 502 g/mol. The number of carbonyl (C=O) groups is 4. The first-order valence-electron chi connectivity index (χ1n) is 12.5. The van der Waals surface area contributed by atoms with Gasteiger partial charge in [0, 0.05) is 12.5 Å². The fourth-order valence-corrected chi connectivity index (χ4v) is 4.19. The summed E-state index contributed by atoms with van der Waals surface area (Å²) in [5.74, 6) is -2.21. The molecule has 2 amide bonds. The van der Waals surface area contributed by atoms with Crippen molar-refractivity contribution < 1.29 is 28.7 Å². The van der Waals surface area contributed by atoms with Crippen LogP contribution < -0.4 is 21.7 Å². The first-order chi connectivity index (χ1) is 18.7. The molecule has 0 saturated heterocycles. The second kappa shape index (κ2) is 13.3. The molecule has 0 heterocycles. The molecule has 39 heavy (non-hydrogen) atoms. The smallest absolute Gasteiger partial charge is 0.414 e. The summed E-state index contributed by atoms with van der Waals surface area (Å²) in [7, 11) is 0. The van der Waals surface area contributed by atoms with E-state index < -0.39 is 29.6 Å². The van der Waals surface area contributed by atoms with Gasteiger partial charge in [-0.05, 0) is 42.0 Å². The van der Waals surface area contributed by atoms with E-state index in [9.17, 15) is 19.2 Å². The summed E-state index contributed by atoms with van der Waals surface area (Å²) in [6.07, 6.45) is 1.70. The first kappa shape index (κ1) is 29.1. The number of nitrogens with two attached hydrogens (primary N) is 1. The largest absolute Gasteiger partial charge is 0.463 e. The molecule has 0 aromatic heterocycles. The van der Waals surface area contributed by atoms with E-state index in [1.807, 2.05) is 48.5 Å². The number of guanidine groups is 1. The molecule has 2 atom stereocenters. The van der Waals surface area contributed by atoms with Gasteiger partial charge in [0.2, 0.25) is 0 Å². The predicted octanol–water partition coefficient (Wildman–Crippen LogP) is 1.96. The summed E-state index contributed by atoms with van der Waals surface area (Å²) >= 11 is 0. The van der Waals surface area contributed by atoms with Crippen molar-refractivity contribution in [3.8, 4) is 11.1 Å². The number of amides is 2. The molecule has 0 aliphatic heterocycles. The molecule has 2 aromatic carbocycles. The number of esters is 1. The number of fused-ring (bicyclic) bond motifs is 3. The fourth-order valence-electron chi connectivity index (χ4n) is 4.19. The number of ether oxygens (including phenoxy) is 2. The molecule has 0 radical (unpaired) electrons. The lowest BCUT2D eigenvalue weighted by molar-refractivity contribution is -0.154. The summed E-state index contributed by atoms with van der Waals surface area (Å²) in [5, 5.41) is 15.0. The molecule has 206 valence electrons. The third kappa shape index (κ3) is 7.29. The highest BCUT2D eigenvalue weighted by Gasteiger charge is 2.40. The number of carbonyl (C=O) groups excluding carboxylic acids is 4. The average Bonchev–Trinajstić information content (AvgIpc) is 3.25. The molecule has 0 fully saturated rings. The van der Waals surface area contributed by atoms with Crippen LogP contribution in [0.15, 0.2) is 61.2 Å². The van der Waals surface area contributed by atoms with Gasteiger partial charge in [-0.15, -0.1) is 0 Å². The van der Waals surface area contributed by atoms with Gasteiger partial charge in [-0.25, -0.2) is 9.59 Å². The van der Waals surface area contributed by atoms with Gasteiger partial charge in [-0.3, -0.25) is 15.5 Å². The minimum Gasteiger partial charge on any atom is -0.463 e. The van der Waals surface area contributed by atoms with Crippen LogP contribution in [0.3, 0.4) is 0 Å². The van der Waals surface area contributed by atoms with Crippen molar-refractivity contribution in [1.82, 2.24) is 16.0 Å². The topological polar surface area (TPSA) is 173 Å². The van der Waals surface area contributed by atoms with Crippen LogP contribution in [-0.2, 0) is 23.9 Å². The van der Waals surface area contributed by atoms with Gasteiger partial charge in [0.25, 0.3) is 5.91 Å². The lowest BCUT2D eigenvalue weighted by Gasteiger charge is -2.25. The predicted molar refractivity (Wildman–Crippen MR) is 145 cm³/mol. The van der Waals surface area contributed by atoms with E-state index in [1.165, 1.54) is 13.0 Å². The van der Waals surface area contributed by atoms with Gasteiger partial charge < -0.3 is 30.6 Å². The minimum atomic E-state index is -2.02. The van der Waals surface area contributed by atoms with E-state index in [-0.39, 0.29) is 38.1 Å². The SMILES string of the molecule is C=CCOC(=O)NC(=N)NCCC[C@@H](C=O)NC(=O)[C@](C)(N)C(=O)OCC1c2ccccc2-c2ccccc21. The third-order valence-corrected chi connectivity index (χ3v) is 6.27. The van der Waals surface area contributed by atoms with Crippen LogP contribution in [0.5, 0.6) is 0 Å². The Morgan fingerprint density at radius 1 is 1.10 bits per heavy atom. The molecule has 0 spiro atoms. The zero-order chi connectivity index (χ0) is 28.4. The summed E-state index contributed by atoms with van der Waals surface area (Å²) in [6.45, 7) is 4.91. The van der Waals surface area contributed by atoms with Crippen molar-refractivity contribution in [2.75, 3.05) is 19.8 Å². The number of alkyl carbamates (subject to hydrolysis) is 1. The van der Waals surface area contributed by atoms with Crippen molar-refractivity contribution in [1.29, 1.82) is 5.41 Å². The maximum Gasteiger partial charge on any atom is 0.414 e. The van der Waals surface area contributed by atoms with E-state index in [2.05, 4.69) is 22.5 Å². The van der Waals surface area contributed by atoms with Crippen LogP contribution in [0.2, 0.25) is 0 Å². The normalized spacial score (nSPS) is 14.0. The second-order valence-corrected chi connectivity index (χ2v) is 9.20. The third-order valence-electron chi connectivity index (χ3n) is 6.27. The molecule has 6 N–H and O–H groups in total. The maximum atomic E-state index is 12.9. The van der Waals surface area contributed by atoms with E-state index in [0.29, 0.717) is 12.7 Å². The quantitative estimate of drug-likeness (QED) is 0.0522. The first-order valence-corrected chi connectivity index (χ1v) is 12.5. The Morgan fingerprint density at radius 2 is 1.72 bits per heavy atom. The molecule has 0 saturated carbocycles. The molecule has 0 bridgehead atoms. The highest BCUT2D eigenvalue weighted by atomic mass is 16.5. The van der Waals surface area contributed by atoms with Gasteiger partial charge in [0.05, 0.1) is 6.04 Å². The zero-order valence-corrected chi connectivity index (χ0v) is 21.7. The number of hydrogen-bond acceptors (Lipinski definition) is 8. The van der Waals surface area contributed by atoms with Crippen LogP contribution in [0.4, 0.5) is 4.79 Å². The fraction of sp³-hybridized carbons (Fsp3) is 0.321. The van der Waals surface area contributed by atoms with Crippen LogP contribution in [0.1, 0.15) is 36.8 Å². The van der Waals surface area contributed by atoms with Crippen molar-refractivity contribution in [2.45, 2.75) is 37.3 Å². The number of hydrogen-bond donors (Lipinski definition) is 5. The zero-order valence-electron chi connectivity index (χ0n) is 21.7. The molecule has 11 nitrogen and oxygen atoms in total. The Bertz CT molecular complexity index is 1200. The number of aldehydes is 1. The molecule has 0 unspecified atom stereocenters. The van der Waals surface area contributed by atoms with Crippen LogP contribution in [0, 0.1) is 5.41 Å². The van der Waals surface area contributed by atoms with Crippen molar-refractivity contribution >= 4 is 30.2 Å². The molecule has 1 aliphatic carbocycles. The molecular formula is C28H33N5O6.